The minimum absolute atomic E-state index is 0.723. The first kappa shape index (κ1) is 20.0. The molecule has 0 atom stereocenters. The molecule has 4 rings (SSSR count). The summed E-state index contributed by atoms with van der Waals surface area (Å²) in [6.07, 6.45) is 6.14. The number of benzene rings is 3. The lowest BCUT2D eigenvalue weighted by molar-refractivity contribution is 0.414. The minimum atomic E-state index is 0.723. The molecule has 0 aliphatic heterocycles. The van der Waals surface area contributed by atoms with Gasteiger partial charge in [0.05, 0.1) is 24.2 Å². The fourth-order valence-corrected chi connectivity index (χ4v) is 3.44. The van der Waals surface area contributed by atoms with E-state index >= 15 is 0 Å². The van der Waals surface area contributed by atoms with Crippen LogP contribution in [0.15, 0.2) is 91.0 Å². The Hall–Kier alpha value is -3.30. The SMILES string of the molecule is COc1ccc(-n2nc(CC/C=C\c3ccccc3)cc2-c2ccc(Cl)cc2)cc1. The van der Waals surface area contributed by atoms with Gasteiger partial charge in [-0.3, -0.25) is 0 Å². The molecule has 150 valence electrons. The van der Waals surface area contributed by atoms with Gasteiger partial charge in [-0.2, -0.15) is 5.10 Å². The fraction of sp³-hybridized carbons (Fsp3) is 0.115. The molecular weight excluding hydrogens is 392 g/mol. The number of ether oxygens (including phenoxy) is 1. The van der Waals surface area contributed by atoms with Crippen LogP contribution in [0, 0.1) is 0 Å². The van der Waals surface area contributed by atoms with Crippen LogP contribution in [0.2, 0.25) is 5.02 Å². The molecule has 0 amide bonds. The topological polar surface area (TPSA) is 27.1 Å². The summed E-state index contributed by atoms with van der Waals surface area (Å²) >= 11 is 6.09. The van der Waals surface area contributed by atoms with Crippen molar-refractivity contribution in [2.75, 3.05) is 7.11 Å². The number of hydrogen-bond donors (Lipinski definition) is 0. The van der Waals surface area contributed by atoms with Crippen LogP contribution >= 0.6 is 11.6 Å². The Balaban J connectivity index is 1.59. The summed E-state index contributed by atoms with van der Waals surface area (Å²) < 4.78 is 7.27. The average molecular weight is 415 g/mol. The number of hydrogen-bond acceptors (Lipinski definition) is 2. The molecule has 0 aliphatic rings. The van der Waals surface area contributed by atoms with Crippen molar-refractivity contribution in [2.45, 2.75) is 12.8 Å². The van der Waals surface area contributed by atoms with E-state index in [-0.39, 0.29) is 0 Å². The quantitative estimate of drug-likeness (QED) is 0.330. The summed E-state index contributed by atoms with van der Waals surface area (Å²) in [7, 11) is 1.67. The molecule has 30 heavy (non-hydrogen) atoms. The molecular formula is C26H23ClN2O. The van der Waals surface area contributed by atoms with Crippen molar-refractivity contribution in [2.24, 2.45) is 0 Å². The lowest BCUT2D eigenvalue weighted by atomic mass is 10.1. The smallest absolute Gasteiger partial charge is 0.119 e. The molecule has 0 spiro atoms. The second kappa shape index (κ2) is 9.47. The van der Waals surface area contributed by atoms with Gasteiger partial charge in [0.2, 0.25) is 0 Å². The first-order chi connectivity index (χ1) is 14.7. The number of allylic oxidation sites excluding steroid dienone is 1. The number of halogens is 1. The fourth-order valence-electron chi connectivity index (χ4n) is 3.31. The number of rotatable bonds is 7. The summed E-state index contributed by atoms with van der Waals surface area (Å²) in [5.41, 5.74) is 5.37. The molecule has 3 nitrogen and oxygen atoms in total. The molecule has 0 radical (unpaired) electrons. The van der Waals surface area contributed by atoms with Gasteiger partial charge in [0, 0.05) is 10.6 Å². The molecule has 0 saturated carbocycles. The van der Waals surface area contributed by atoms with E-state index in [1.165, 1.54) is 5.56 Å². The summed E-state index contributed by atoms with van der Waals surface area (Å²) in [6.45, 7) is 0. The third-order valence-electron chi connectivity index (χ3n) is 4.89. The third kappa shape index (κ3) is 4.81. The number of nitrogens with zero attached hydrogens (tertiary/aromatic N) is 2. The second-order valence-corrected chi connectivity index (χ2v) is 7.43. The largest absolute Gasteiger partial charge is 0.497 e. The van der Waals surface area contributed by atoms with Gasteiger partial charge in [-0.1, -0.05) is 66.2 Å². The van der Waals surface area contributed by atoms with Gasteiger partial charge in [-0.25, -0.2) is 4.68 Å². The van der Waals surface area contributed by atoms with Gasteiger partial charge >= 0.3 is 0 Å². The van der Waals surface area contributed by atoms with E-state index in [4.69, 9.17) is 21.4 Å². The van der Waals surface area contributed by atoms with Gasteiger partial charge in [0.25, 0.3) is 0 Å². The Kier molecular flexibility index (Phi) is 6.31. The summed E-state index contributed by atoms with van der Waals surface area (Å²) in [5, 5.41) is 5.61. The van der Waals surface area contributed by atoms with Gasteiger partial charge in [-0.15, -0.1) is 0 Å². The van der Waals surface area contributed by atoms with Gasteiger partial charge in [0.1, 0.15) is 5.75 Å². The van der Waals surface area contributed by atoms with Crippen LogP contribution < -0.4 is 4.74 Å². The second-order valence-electron chi connectivity index (χ2n) is 6.99. The van der Waals surface area contributed by atoms with E-state index in [9.17, 15) is 0 Å². The maximum atomic E-state index is 6.09. The molecule has 0 unspecified atom stereocenters. The Morgan fingerprint density at radius 1 is 0.933 bits per heavy atom. The van der Waals surface area contributed by atoms with E-state index < -0.39 is 0 Å². The van der Waals surface area contributed by atoms with Crippen LogP contribution in [0.1, 0.15) is 17.7 Å². The van der Waals surface area contributed by atoms with Crippen LogP contribution in [0.3, 0.4) is 0 Å². The monoisotopic (exact) mass is 414 g/mol. The highest BCUT2D eigenvalue weighted by molar-refractivity contribution is 6.30. The Morgan fingerprint density at radius 3 is 2.37 bits per heavy atom. The molecule has 0 saturated heterocycles. The van der Waals surface area contributed by atoms with Crippen molar-refractivity contribution in [1.82, 2.24) is 9.78 Å². The van der Waals surface area contributed by atoms with Crippen molar-refractivity contribution in [3.8, 4) is 22.7 Å². The van der Waals surface area contributed by atoms with Crippen LogP contribution in [0.5, 0.6) is 5.75 Å². The Bertz CT molecular complexity index is 1110. The maximum Gasteiger partial charge on any atom is 0.119 e. The molecule has 0 fully saturated rings. The summed E-state index contributed by atoms with van der Waals surface area (Å²) in [4.78, 5) is 0. The molecule has 4 aromatic rings. The Morgan fingerprint density at radius 2 is 1.67 bits per heavy atom. The molecule has 3 aromatic carbocycles. The molecule has 4 heteroatoms. The lowest BCUT2D eigenvalue weighted by Crippen LogP contribution is -2.00. The van der Waals surface area contributed by atoms with Crippen molar-refractivity contribution in [3.05, 3.63) is 107 Å². The zero-order valence-electron chi connectivity index (χ0n) is 16.8. The molecule has 1 aromatic heterocycles. The molecule has 0 N–H and O–H groups in total. The van der Waals surface area contributed by atoms with E-state index in [1.54, 1.807) is 7.11 Å². The lowest BCUT2D eigenvalue weighted by Gasteiger charge is -2.08. The minimum Gasteiger partial charge on any atom is -0.497 e. The first-order valence-electron chi connectivity index (χ1n) is 9.94. The summed E-state index contributed by atoms with van der Waals surface area (Å²) in [5.74, 6) is 0.824. The van der Waals surface area contributed by atoms with Gasteiger partial charge in [0.15, 0.2) is 0 Å². The highest BCUT2D eigenvalue weighted by Crippen LogP contribution is 2.27. The third-order valence-corrected chi connectivity index (χ3v) is 5.15. The maximum absolute atomic E-state index is 6.09. The highest BCUT2D eigenvalue weighted by Gasteiger charge is 2.12. The number of methoxy groups -OCH3 is 1. The van der Waals surface area contributed by atoms with Gasteiger partial charge < -0.3 is 4.74 Å². The predicted octanol–water partition coefficient (Wildman–Crippen LogP) is 6.85. The standard InChI is InChI=1S/C26H23ClN2O/c1-30-25-17-15-24(16-18-25)29-26(21-11-13-22(27)14-12-21)19-23(28-29)10-6-5-9-20-7-3-2-4-8-20/h2-5,7-9,11-19H,6,10H2,1H3/b9-5-. The Labute approximate surface area is 182 Å². The highest BCUT2D eigenvalue weighted by atomic mass is 35.5. The normalized spacial score (nSPS) is 11.1. The van der Waals surface area contributed by atoms with Gasteiger partial charge in [-0.05, 0) is 60.9 Å². The first-order valence-corrected chi connectivity index (χ1v) is 10.3. The van der Waals surface area contributed by atoms with Crippen LogP contribution in [-0.2, 0) is 6.42 Å². The van der Waals surface area contributed by atoms with Crippen LogP contribution in [0.25, 0.3) is 23.0 Å². The average Bonchev–Trinajstić information content (AvgIpc) is 3.22. The van der Waals surface area contributed by atoms with Crippen LogP contribution in [0.4, 0.5) is 0 Å². The molecule has 0 aliphatic carbocycles. The van der Waals surface area contributed by atoms with E-state index in [2.05, 4.69) is 42.5 Å². The zero-order valence-corrected chi connectivity index (χ0v) is 17.6. The predicted molar refractivity (Wildman–Crippen MR) is 124 cm³/mol. The zero-order chi connectivity index (χ0) is 20.8. The number of aromatic nitrogens is 2. The number of aryl methyl sites for hydroxylation is 1. The van der Waals surface area contributed by atoms with E-state index in [0.29, 0.717) is 0 Å². The van der Waals surface area contributed by atoms with Crippen molar-refractivity contribution >= 4 is 17.7 Å². The van der Waals surface area contributed by atoms with Crippen LogP contribution in [-0.4, -0.2) is 16.9 Å². The molecule has 1 heterocycles. The summed E-state index contributed by atoms with van der Waals surface area (Å²) in [6, 6.07) is 28.3. The van der Waals surface area contributed by atoms with E-state index in [1.807, 2.05) is 59.3 Å². The molecule has 0 bridgehead atoms. The van der Waals surface area contributed by atoms with Crippen molar-refractivity contribution in [3.63, 3.8) is 0 Å². The van der Waals surface area contributed by atoms with Crippen molar-refractivity contribution in [1.29, 1.82) is 0 Å². The van der Waals surface area contributed by atoms with Crippen molar-refractivity contribution < 1.29 is 4.74 Å². The van der Waals surface area contributed by atoms with E-state index in [0.717, 1.165) is 46.3 Å².